The van der Waals surface area contributed by atoms with Gasteiger partial charge in [0, 0.05) is 6.42 Å². The molecule has 0 atom stereocenters. The van der Waals surface area contributed by atoms with Gasteiger partial charge in [-0.15, -0.1) is 0 Å². The van der Waals surface area contributed by atoms with Crippen molar-refractivity contribution < 1.29 is 23.5 Å². The van der Waals surface area contributed by atoms with Crippen LogP contribution in [0.1, 0.15) is 71.9 Å². The molecule has 0 saturated heterocycles. The molecule has 1 saturated carbocycles. The molecule has 1 aliphatic carbocycles. The first-order valence-corrected chi connectivity index (χ1v) is 8.34. The van der Waals surface area contributed by atoms with Crippen LogP contribution in [0.4, 0.5) is 5.88 Å². The van der Waals surface area contributed by atoms with Crippen molar-refractivity contribution in [1.29, 1.82) is 0 Å². The van der Waals surface area contributed by atoms with Gasteiger partial charge in [0.1, 0.15) is 16.9 Å². The quantitative estimate of drug-likeness (QED) is 0.776. The van der Waals surface area contributed by atoms with Crippen LogP contribution in [0.3, 0.4) is 0 Å². The minimum atomic E-state index is -0.845. The van der Waals surface area contributed by atoms with Crippen molar-refractivity contribution in [3.8, 4) is 0 Å². The van der Waals surface area contributed by atoms with Crippen molar-refractivity contribution in [2.24, 2.45) is 11.7 Å². The summed E-state index contributed by atoms with van der Waals surface area (Å²) in [5.74, 6) is -1.33. The lowest BCUT2D eigenvalue weighted by atomic mass is 9.87. The number of nitrogens with one attached hydrogen (secondary N) is 1. The number of carbonyl (C=O) groups is 3. The number of carbonyl (C=O) groups excluding carboxylic acids is 3. The van der Waals surface area contributed by atoms with Gasteiger partial charge in [-0.25, -0.2) is 4.79 Å². The summed E-state index contributed by atoms with van der Waals surface area (Å²) in [6, 6.07) is 0. The topological polar surface area (TPSA) is 112 Å². The highest BCUT2D eigenvalue weighted by Gasteiger charge is 2.29. The Morgan fingerprint density at radius 3 is 2.46 bits per heavy atom. The lowest BCUT2D eigenvalue weighted by Gasteiger charge is -2.20. The van der Waals surface area contributed by atoms with E-state index in [9.17, 15) is 14.4 Å². The van der Waals surface area contributed by atoms with Crippen molar-refractivity contribution in [2.45, 2.75) is 52.4 Å². The van der Waals surface area contributed by atoms with E-state index in [4.69, 9.17) is 14.9 Å². The Hall–Kier alpha value is -2.31. The Bertz CT molecular complexity index is 629. The zero-order valence-electron chi connectivity index (χ0n) is 14.1. The molecule has 0 aliphatic heterocycles. The second kappa shape index (κ2) is 7.99. The third kappa shape index (κ3) is 4.15. The third-order valence-electron chi connectivity index (χ3n) is 4.26. The smallest absolute Gasteiger partial charge is 0.342 e. The second-order valence-electron chi connectivity index (χ2n) is 6.08. The predicted octanol–water partition coefficient (Wildman–Crippen LogP) is 2.77. The second-order valence-corrected chi connectivity index (χ2v) is 6.08. The van der Waals surface area contributed by atoms with Gasteiger partial charge >= 0.3 is 5.97 Å². The number of rotatable bonds is 6. The summed E-state index contributed by atoms with van der Waals surface area (Å²) < 4.78 is 10.3. The SMILES string of the molecule is CCOC(=O)c1c(C)oc(NC(=O)CC2CCCCC2)c1C(N)=O. The highest BCUT2D eigenvalue weighted by Crippen LogP contribution is 2.30. The van der Waals surface area contributed by atoms with E-state index >= 15 is 0 Å². The molecule has 7 nitrogen and oxygen atoms in total. The van der Waals surface area contributed by atoms with E-state index in [-0.39, 0.29) is 35.3 Å². The minimum absolute atomic E-state index is 0.0303. The number of esters is 1. The van der Waals surface area contributed by atoms with Crippen molar-refractivity contribution in [3.63, 3.8) is 0 Å². The number of nitrogens with two attached hydrogens (primary N) is 1. The highest BCUT2D eigenvalue weighted by molar-refractivity contribution is 6.10. The summed E-state index contributed by atoms with van der Waals surface area (Å²) in [4.78, 5) is 36.0. The highest BCUT2D eigenvalue weighted by atomic mass is 16.5. The van der Waals surface area contributed by atoms with E-state index in [1.165, 1.54) is 13.3 Å². The van der Waals surface area contributed by atoms with E-state index in [2.05, 4.69) is 5.32 Å². The Balaban J connectivity index is 2.17. The Kier molecular flexibility index (Phi) is 6.00. The van der Waals surface area contributed by atoms with Gasteiger partial charge in [0.05, 0.1) is 6.61 Å². The molecule has 0 radical (unpaired) electrons. The van der Waals surface area contributed by atoms with Gasteiger partial charge in [0.25, 0.3) is 5.91 Å². The summed E-state index contributed by atoms with van der Waals surface area (Å²) in [5, 5.41) is 2.58. The average molecular weight is 336 g/mol. The molecule has 1 fully saturated rings. The summed E-state index contributed by atoms with van der Waals surface area (Å²) >= 11 is 0. The van der Waals surface area contributed by atoms with Gasteiger partial charge in [0.2, 0.25) is 11.8 Å². The van der Waals surface area contributed by atoms with E-state index in [1.807, 2.05) is 0 Å². The van der Waals surface area contributed by atoms with E-state index < -0.39 is 11.9 Å². The van der Waals surface area contributed by atoms with Crippen LogP contribution >= 0.6 is 0 Å². The summed E-state index contributed by atoms with van der Waals surface area (Å²) in [5.41, 5.74) is 5.20. The van der Waals surface area contributed by atoms with E-state index in [1.54, 1.807) is 6.92 Å². The van der Waals surface area contributed by atoms with Gasteiger partial charge in [-0.1, -0.05) is 19.3 Å². The Morgan fingerprint density at radius 1 is 1.21 bits per heavy atom. The molecule has 0 unspecified atom stereocenters. The molecule has 3 N–H and O–H groups in total. The molecule has 7 heteroatoms. The molecule has 2 amide bonds. The molecular formula is C17H24N2O5. The lowest BCUT2D eigenvalue weighted by molar-refractivity contribution is -0.117. The number of hydrogen-bond acceptors (Lipinski definition) is 5. The van der Waals surface area contributed by atoms with Crippen LogP contribution in [0.25, 0.3) is 0 Å². The fourth-order valence-corrected chi connectivity index (χ4v) is 3.15. The predicted molar refractivity (Wildman–Crippen MR) is 87.7 cm³/mol. The Labute approximate surface area is 140 Å². The molecule has 24 heavy (non-hydrogen) atoms. The standard InChI is InChI=1S/C17H24N2O5/c1-3-23-17(22)13-10(2)24-16(14(13)15(18)21)19-12(20)9-11-7-5-4-6-8-11/h11H,3-9H2,1-2H3,(H2,18,21)(H,19,20). The maximum absolute atomic E-state index is 12.2. The van der Waals surface area contributed by atoms with Crippen LogP contribution in [-0.2, 0) is 9.53 Å². The normalized spacial score (nSPS) is 15.1. The van der Waals surface area contributed by atoms with Gasteiger partial charge in [-0.05, 0) is 32.6 Å². The minimum Gasteiger partial charge on any atom is -0.462 e. The fraction of sp³-hybridized carbons (Fsp3) is 0.588. The number of aryl methyl sites for hydroxylation is 1. The fourth-order valence-electron chi connectivity index (χ4n) is 3.15. The molecule has 1 aliphatic rings. The molecule has 2 rings (SSSR count). The van der Waals surface area contributed by atoms with Gasteiger partial charge < -0.3 is 14.9 Å². The number of ether oxygens (including phenoxy) is 1. The maximum Gasteiger partial charge on any atom is 0.342 e. The van der Waals surface area contributed by atoms with Crippen molar-refractivity contribution in [2.75, 3.05) is 11.9 Å². The summed E-state index contributed by atoms with van der Waals surface area (Å²) in [6.45, 7) is 3.34. The molecule has 0 aromatic carbocycles. The first kappa shape index (κ1) is 18.0. The zero-order valence-corrected chi connectivity index (χ0v) is 14.1. The largest absolute Gasteiger partial charge is 0.462 e. The monoisotopic (exact) mass is 336 g/mol. The third-order valence-corrected chi connectivity index (χ3v) is 4.26. The zero-order chi connectivity index (χ0) is 17.7. The van der Waals surface area contributed by atoms with Crippen molar-refractivity contribution in [3.05, 3.63) is 16.9 Å². The van der Waals surface area contributed by atoms with E-state index in [0.29, 0.717) is 12.3 Å². The lowest BCUT2D eigenvalue weighted by Crippen LogP contribution is -2.22. The van der Waals surface area contributed by atoms with Crippen LogP contribution in [0, 0.1) is 12.8 Å². The molecule has 132 valence electrons. The molecule has 1 aromatic rings. The van der Waals surface area contributed by atoms with E-state index in [0.717, 1.165) is 25.7 Å². The number of hydrogen-bond donors (Lipinski definition) is 2. The van der Waals surface area contributed by atoms with Crippen LogP contribution < -0.4 is 11.1 Å². The van der Waals surface area contributed by atoms with Crippen molar-refractivity contribution in [1.82, 2.24) is 0 Å². The number of anilines is 1. The summed E-state index contributed by atoms with van der Waals surface area (Å²) in [6.07, 6.45) is 5.91. The molecule has 0 bridgehead atoms. The van der Waals surface area contributed by atoms with Crippen LogP contribution in [-0.4, -0.2) is 24.4 Å². The first-order valence-electron chi connectivity index (χ1n) is 8.34. The molecule has 1 aromatic heterocycles. The maximum atomic E-state index is 12.2. The van der Waals surface area contributed by atoms with Gasteiger partial charge in [-0.2, -0.15) is 0 Å². The Morgan fingerprint density at radius 2 is 1.88 bits per heavy atom. The van der Waals surface area contributed by atoms with Crippen LogP contribution in [0.2, 0.25) is 0 Å². The van der Waals surface area contributed by atoms with Gasteiger partial charge in [-0.3, -0.25) is 14.9 Å². The average Bonchev–Trinajstić information content (AvgIpc) is 2.84. The number of amides is 2. The van der Waals surface area contributed by atoms with Gasteiger partial charge in [0.15, 0.2) is 0 Å². The molecule has 0 spiro atoms. The molecular weight excluding hydrogens is 312 g/mol. The van der Waals surface area contributed by atoms with Crippen molar-refractivity contribution >= 4 is 23.7 Å². The van der Waals surface area contributed by atoms with Crippen LogP contribution in [0.5, 0.6) is 0 Å². The summed E-state index contributed by atoms with van der Waals surface area (Å²) in [7, 11) is 0. The number of primary amides is 1. The molecule has 1 heterocycles. The number of furan rings is 1. The first-order chi connectivity index (χ1) is 11.4. The van der Waals surface area contributed by atoms with Crippen LogP contribution in [0.15, 0.2) is 4.42 Å².